The van der Waals surface area contributed by atoms with E-state index >= 15 is 0 Å². The standard InChI is InChI=1S/C10H11N2O/c11-9(12)10(13)6-5-7-3-1-2-4-8(7)10/h2-4,13H,5-6H2,(H3,11,12). The zero-order chi connectivity index (χ0) is 9.47. The van der Waals surface area contributed by atoms with E-state index in [-0.39, 0.29) is 5.84 Å². The Morgan fingerprint density at radius 1 is 1.69 bits per heavy atom. The predicted octanol–water partition coefficient (Wildman–Crippen LogP) is 0.557. The van der Waals surface area contributed by atoms with E-state index in [0.717, 1.165) is 17.5 Å². The first-order chi connectivity index (χ1) is 6.14. The van der Waals surface area contributed by atoms with Crippen LogP contribution in [0, 0.1) is 11.5 Å². The minimum Gasteiger partial charge on any atom is -0.385 e. The molecular formula is C10H11N2O. The zero-order valence-corrected chi connectivity index (χ0v) is 7.17. The van der Waals surface area contributed by atoms with Crippen LogP contribution >= 0.6 is 0 Å². The van der Waals surface area contributed by atoms with Gasteiger partial charge in [0.2, 0.25) is 0 Å². The van der Waals surface area contributed by atoms with Crippen molar-refractivity contribution in [1.29, 1.82) is 5.41 Å². The van der Waals surface area contributed by atoms with Crippen molar-refractivity contribution in [3.63, 3.8) is 0 Å². The van der Waals surface area contributed by atoms with Gasteiger partial charge in [0.05, 0.1) is 0 Å². The molecule has 1 atom stereocenters. The Balaban J connectivity index is 2.55. The first kappa shape index (κ1) is 8.26. The Kier molecular flexibility index (Phi) is 1.63. The molecule has 1 aromatic rings. The lowest BCUT2D eigenvalue weighted by atomic mass is 9.95. The van der Waals surface area contributed by atoms with Crippen molar-refractivity contribution in [3.05, 3.63) is 35.4 Å². The molecule has 0 amide bonds. The second-order valence-corrected chi connectivity index (χ2v) is 3.36. The summed E-state index contributed by atoms with van der Waals surface area (Å²) in [5, 5.41) is 17.4. The van der Waals surface area contributed by atoms with Gasteiger partial charge in [0.15, 0.2) is 0 Å². The summed E-state index contributed by atoms with van der Waals surface area (Å²) in [6.45, 7) is 0. The highest BCUT2D eigenvalue weighted by atomic mass is 16.3. The summed E-state index contributed by atoms with van der Waals surface area (Å²) >= 11 is 0. The third-order valence-electron chi connectivity index (χ3n) is 2.60. The number of hydrogen-bond acceptors (Lipinski definition) is 2. The van der Waals surface area contributed by atoms with Crippen LogP contribution in [-0.2, 0) is 12.0 Å². The summed E-state index contributed by atoms with van der Waals surface area (Å²) in [4.78, 5) is 0. The van der Waals surface area contributed by atoms with Crippen LogP contribution in [0.1, 0.15) is 17.5 Å². The Morgan fingerprint density at radius 2 is 2.46 bits per heavy atom. The Labute approximate surface area is 76.7 Å². The summed E-state index contributed by atoms with van der Waals surface area (Å²) in [7, 11) is 0. The molecule has 0 aromatic heterocycles. The van der Waals surface area contributed by atoms with Crippen molar-refractivity contribution in [1.82, 2.24) is 0 Å². The van der Waals surface area contributed by atoms with E-state index in [1.807, 2.05) is 6.07 Å². The molecule has 13 heavy (non-hydrogen) atoms. The molecule has 1 aromatic carbocycles. The number of benzene rings is 1. The maximum atomic E-state index is 10.1. The van der Waals surface area contributed by atoms with Gasteiger partial charge in [-0.15, -0.1) is 0 Å². The second-order valence-electron chi connectivity index (χ2n) is 3.36. The molecular weight excluding hydrogens is 164 g/mol. The molecule has 0 fully saturated rings. The van der Waals surface area contributed by atoms with Crippen LogP contribution in [0.2, 0.25) is 0 Å². The molecule has 0 saturated heterocycles. The van der Waals surface area contributed by atoms with E-state index in [4.69, 9.17) is 11.1 Å². The number of aliphatic hydroxyl groups is 1. The molecule has 1 unspecified atom stereocenters. The van der Waals surface area contributed by atoms with Gasteiger partial charge in [-0.2, -0.15) is 0 Å². The van der Waals surface area contributed by atoms with Crippen molar-refractivity contribution in [2.45, 2.75) is 18.4 Å². The van der Waals surface area contributed by atoms with Crippen LogP contribution in [0.15, 0.2) is 18.2 Å². The SMILES string of the molecule is N=C(N)C1(O)CCc2c[c]ccc21. The average molecular weight is 175 g/mol. The van der Waals surface area contributed by atoms with Gasteiger partial charge in [-0.1, -0.05) is 18.2 Å². The lowest BCUT2D eigenvalue weighted by molar-refractivity contribution is 0.111. The van der Waals surface area contributed by atoms with Crippen LogP contribution in [0.5, 0.6) is 0 Å². The van der Waals surface area contributed by atoms with Crippen molar-refractivity contribution in [2.24, 2.45) is 5.73 Å². The minimum absolute atomic E-state index is 0.169. The van der Waals surface area contributed by atoms with Gasteiger partial charge >= 0.3 is 0 Å². The number of nitrogens with two attached hydrogens (primary N) is 1. The maximum absolute atomic E-state index is 10.1. The fourth-order valence-electron chi connectivity index (χ4n) is 1.81. The van der Waals surface area contributed by atoms with Crippen molar-refractivity contribution in [2.75, 3.05) is 0 Å². The van der Waals surface area contributed by atoms with E-state index in [1.54, 1.807) is 12.1 Å². The number of fused-ring (bicyclic) bond motifs is 1. The van der Waals surface area contributed by atoms with Crippen molar-refractivity contribution < 1.29 is 5.11 Å². The first-order valence-corrected chi connectivity index (χ1v) is 4.21. The fourth-order valence-corrected chi connectivity index (χ4v) is 1.81. The normalized spacial score (nSPS) is 25.6. The highest BCUT2D eigenvalue weighted by molar-refractivity contribution is 5.88. The molecule has 67 valence electrons. The van der Waals surface area contributed by atoms with E-state index in [0.29, 0.717) is 6.42 Å². The minimum atomic E-state index is -1.23. The summed E-state index contributed by atoms with van der Waals surface area (Å²) in [5.41, 5.74) is 5.94. The highest BCUT2D eigenvalue weighted by Crippen LogP contribution is 2.36. The Morgan fingerprint density at radius 3 is 3.15 bits per heavy atom. The third kappa shape index (κ3) is 1.04. The molecule has 0 saturated carbocycles. The third-order valence-corrected chi connectivity index (χ3v) is 2.60. The molecule has 0 bridgehead atoms. The van der Waals surface area contributed by atoms with Crippen LogP contribution < -0.4 is 5.73 Å². The van der Waals surface area contributed by atoms with Gasteiger partial charge in [0.1, 0.15) is 11.4 Å². The monoisotopic (exact) mass is 175 g/mol. The Bertz CT molecular complexity index is 362. The smallest absolute Gasteiger partial charge is 0.146 e. The number of rotatable bonds is 1. The molecule has 1 aliphatic carbocycles. The number of amidine groups is 1. The maximum Gasteiger partial charge on any atom is 0.146 e. The van der Waals surface area contributed by atoms with Crippen molar-refractivity contribution in [3.8, 4) is 0 Å². The molecule has 3 nitrogen and oxygen atoms in total. The molecule has 2 rings (SSSR count). The van der Waals surface area contributed by atoms with Gasteiger partial charge in [0.25, 0.3) is 0 Å². The van der Waals surface area contributed by atoms with E-state index in [2.05, 4.69) is 6.07 Å². The molecule has 0 heterocycles. The van der Waals surface area contributed by atoms with Crippen molar-refractivity contribution >= 4 is 5.84 Å². The number of nitrogens with one attached hydrogen (secondary N) is 1. The first-order valence-electron chi connectivity index (χ1n) is 4.21. The molecule has 3 heteroatoms. The molecule has 0 spiro atoms. The lowest BCUT2D eigenvalue weighted by Gasteiger charge is -2.21. The fraction of sp³-hybridized carbons (Fsp3) is 0.300. The van der Waals surface area contributed by atoms with E-state index < -0.39 is 5.60 Å². The topological polar surface area (TPSA) is 70.1 Å². The summed E-state index contributed by atoms with van der Waals surface area (Å²) in [5.74, 6) is -0.169. The summed E-state index contributed by atoms with van der Waals surface area (Å²) < 4.78 is 0. The van der Waals surface area contributed by atoms with Crippen LogP contribution in [0.4, 0.5) is 0 Å². The molecule has 1 radical (unpaired) electrons. The van der Waals surface area contributed by atoms with Crippen LogP contribution in [0.25, 0.3) is 0 Å². The highest BCUT2D eigenvalue weighted by Gasteiger charge is 2.39. The quantitative estimate of drug-likeness (QED) is 0.431. The Hall–Kier alpha value is -1.35. The van der Waals surface area contributed by atoms with Gasteiger partial charge in [-0.05, 0) is 30.0 Å². The molecule has 4 N–H and O–H groups in total. The van der Waals surface area contributed by atoms with Crippen LogP contribution in [0.3, 0.4) is 0 Å². The van der Waals surface area contributed by atoms with Gasteiger partial charge in [-0.25, -0.2) is 0 Å². The molecule has 0 aliphatic heterocycles. The number of hydrogen-bond donors (Lipinski definition) is 3. The van der Waals surface area contributed by atoms with Gasteiger partial charge < -0.3 is 10.8 Å². The van der Waals surface area contributed by atoms with E-state index in [9.17, 15) is 5.11 Å². The van der Waals surface area contributed by atoms with Crippen LogP contribution in [-0.4, -0.2) is 10.9 Å². The predicted molar refractivity (Wildman–Crippen MR) is 49.4 cm³/mol. The molecule has 1 aliphatic rings. The second kappa shape index (κ2) is 2.57. The number of aryl methyl sites for hydroxylation is 1. The largest absolute Gasteiger partial charge is 0.385 e. The zero-order valence-electron chi connectivity index (χ0n) is 7.17. The van der Waals surface area contributed by atoms with Gasteiger partial charge in [0, 0.05) is 0 Å². The summed E-state index contributed by atoms with van der Waals surface area (Å²) in [6.07, 6.45) is 1.28. The van der Waals surface area contributed by atoms with E-state index in [1.165, 1.54) is 0 Å². The average Bonchev–Trinajstić information content (AvgIpc) is 2.47. The van der Waals surface area contributed by atoms with Gasteiger partial charge in [-0.3, -0.25) is 5.41 Å². The lowest BCUT2D eigenvalue weighted by Crippen LogP contribution is -2.38. The summed E-state index contributed by atoms with van der Waals surface area (Å²) in [6, 6.07) is 8.31.